The van der Waals surface area contributed by atoms with Crippen molar-refractivity contribution >= 4 is 11.6 Å². The molecule has 0 aliphatic carbocycles. The first-order chi connectivity index (χ1) is 13.1. The predicted molar refractivity (Wildman–Crippen MR) is 102 cm³/mol. The fraction of sp³-hybridized carbons (Fsp3) is 0.286. The van der Waals surface area contributed by atoms with Crippen molar-refractivity contribution < 1.29 is 9.32 Å². The van der Waals surface area contributed by atoms with Crippen molar-refractivity contribution in [3.05, 3.63) is 77.4 Å². The molecule has 6 nitrogen and oxygen atoms in total. The molecule has 6 heteroatoms. The van der Waals surface area contributed by atoms with E-state index in [0.717, 1.165) is 16.8 Å². The maximum Gasteiger partial charge on any atom is 0.246 e. The molecule has 2 heterocycles. The highest BCUT2D eigenvalue weighted by Gasteiger charge is 2.33. The summed E-state index contributed by atoms with van der Waals surface area (Å²) in [6.45, 7) is 2.60. The third-order valence-corrected chi connectivity index (χ3v) is 5.09. The Morgan fingerprint density at radius 3 is 2.70 bits per heavy atom. The zero-order valence-corrected chi connectivity index (χ0v) is 15.2. The fourth-order valence-electron chi connectivity index (χ4n) is 3.74. The van der Waals surface area contributed by atoms with Crippen LogP contribution >= 0.6 is 0 Å². The zero-order valence-electron chi connectivity index (χ0n) is 15.2. The van der Waals surface area contributed by atoms with Crippen LogP contribution in [0, 0.1) is 0 Å². The molecule has 0 bridgehead atoms. The number of para-hydroxylation sites is 1. The number of hydrogen-bond acceptors (Lipinski definition) is 5. The normalized spacial score (nSPS) is 18.9. The average Bonchev–Trinajstić information content (AvgIpc) is 3.11. The van der Waals surface area contributed by atoms with Gasteiger partial charge in [-0.05, 0) is 30.5 Å². The van der Waals surface area contributed by atoms with E-state index in [4.69, 9.17) is 10.3 Å². The second-order valence-electron chi connectivity index (χ2n) is 6.99. The third kappa shape index (κ3) is 3.56. The molecule has 1 aliphatic rings. The number of amides is 1. The summed E-state index contributed by atoms with van der Waals surface area (Å²) in [5, 5.41) is 4.11. The van der Waals surface area contributed by atoms with Gasteiger partial charge in [-0.2, -0.15) is 4.98 Å². The van der Waals surface area contributed by atoms with Gasteiger partial charge in [-0.3, -0.25) is 4.79 Å². The molecule has 27 heavy (non-hydrogen) atoms. The first-order valence-electron chi connectivity index (χ1n) is 9.12. The number of hydrogen-bond donors (Lipinski definition) is 1. The second-order valence-corrected chi connectivity index (χ2v) is 6.99. The maximum atomic E-state index is 11.9. The van der Waals surface area contributed by atoms with Gasteiger partial charge in [0.05, 0.1) is 12.5 Å². The van der Waals surface area contributed by atoms with Crippen molar-refractivity contribution in [1.29, 1.82) is 0 Å². The predicted octanol–water partition coefficient (Wildman–Crippen LogP) is 3.03. The van der Waals surface area contributed by atoms with Crippen molar-refractivity contribution in [1.82, 2.24) is 10.1 Å². The molecule has 2 aromatic carbocycles. The Morgan fingerprint density at radius 2 is 1.93 bits per heavy atom. The topological polar surface area (TPSA) is 85.3 Å². The van der Waals surface area contributed by atoms with E-state index in [0.29, 0.717) is 31.1 Å². The number of nitrogens with zero attached hydrogens (tertiary/aromatic N) is 3. The van der Waals surface area contributed by atoms with E-state index in [1.54, 1.807) is 0 Å². The van der Waals surface area contributed by atoms with E-state index >= 15 is 0 Å². The second kappa shape index (κ2) is 7.23. The van der Waals surface area contributed by atoms with E-state index in [1.165, 1.54) is 0 Å². The smallest absolute Gasteiger partial charge is 0.246 e. The van der Waals surface area contributed by atoms with Gasteiger partial charge in [0.2, 0.25) is 11.8 Å². The number of primary amides is 1. The van der Waals surface area contributed by atoms with Gasteiger partial charge in [0.15, 0.2) is 5.82 Å². The van der Waals surface area contributed by atoms with Crippen LogP contribution in [0.2, 0.25) is 0 Å². The van der Waals surface area contributed by atoms with Gasteiger partial charge in [-0.25, -0.2) is 0 Å². The molecular formula is C21H22N4O2. The van der Waals surface area contributed by atoms with Crippen molar-refractivity contribution in [2.24, 2.45) is 5.73 Å². The van der Waals surface area contributed by atoms with Gasteiger partial charge in [0.25, 0.3) is 0 Å². The lowest BCUT2D eigenvalue weighted by molar-refractivity contribution is -0.119. The highest BCUT2D eigenvalue weighted by Crippen LogP contribution is 2.38. The van der Waals surface area contributed by atoms with E-state index in [-0.39, 0.29) is 17.9 Å². The summed E-state index contributed by atoms with van der Waals surface area (Å²) in [7, 11) is 0. The van der Waals surface area contributed by atoms with Gasteiger partial charge in [-0.1, -0.05) is 53.7 Å². The van der Waals surface area contributed by atoms with Crippen LogP contribution in [0.4, 0.5) is 5.69 Å². The summed E-state index contributed by atoms with van der Waals surface area (Å²) in [5.41, 5.74) is 8.73. The first kappa shape index (κ1) is 17.3. The summed E-state index contributed by atoms with van der Waals surface area (Å²) in [6.07, 6.45) is 1.32. The van der Waals surface area contributed by atoms with Crippen molar-refractivity contribution in [3.63, 3.8) is 0 Å². The molecule has 0 unspecified atom stereocenters. The number of carbonyl (C=O) groups excluding carboxylic acids is 1. The molecule has 2 atom stereocenters. The molecule has 1 amide bonds. The molecule has 1 aliphatic heterocycles. The van der Waals surface area contributed by atoms with E-state index in [2.05, 4.69) is 22.0 Å². The van der Waals surface area contributed by atoms with Gasteiger partial charge in [0, 0.05) is 18.2 Å². The Morgan fingerprint density at radius 1 is 1.19 bits per heavy atom. The summed E-state index contributed by atoms with van der Waals surface area (Å²) in [4.78, 5) is 18.6. The SMILES string of the molecule is C[C@@H]1C[C@H](C(N)=O)c2ccccc2N1Cc1nc(Cc2ccccc2)no1. The van der Waals surface area contributed by atoms with Crippen LogP contribution in [0.1, 0.15) is 42.1 Å². The van der Waals surface area contributed by atoms with Gasteiger partial charge >= 0.3 is 0 Å². The maximum absolute atomic E-state index is 11.9. The van der Waals surface area contributed by atoms with Crippen LogP contribution in [0.3, 0.4) is 0 Å². The Labute approximate surface area is 158 Å². The summed E-state index contributed by atoms with van der Waals surface area (Å²) in [6, 6.07) is 18.1. The lowest BCUT2D eigenvalue weighted by atomic mass is 9.85. The van der Waals surface area contributed by atoms with E-state index in [9.17, 15) is 4.79 Å². The Kier molecular flexibility index (Phi) is 4.62. The summed E-state index contributed by atoms with van der Waals surface area (Å²) < 4.78 is 5.48. The first-order valence-corrected chi connectivity index (χ1v) is 9.12. The van der Waals surface area contributed by atoms with Crippen LogP contribution in [0.15, 0.2) is 59.1 Å². The molecule has 0 radical (unpaired) electrons. The van der Waals surface area contributed by atoms with E-state index in [1.807, 2.05) is 54.6 Å². The van der Waals surface area contributed by atoms with Crippen LogP contribution in [0.25, 0.3) is 0 Å². The summed E-state index contributed by atoms with van der Waals surface area (Å²) in [5.74, 6) is 0.699. The minimum atomic E-state index is -0.281. The van der Waals surface area contributed by atoms with Crippen LogP contribution in [-0.2, 0) is 17.8 Å². The quantitative estimate of drug-likeness (QED) is 0.754. The standard InChI is InChI=1S/C21H22N4O2/c1-14-11-17(21(22)26)16-9-5-6-10-18(16)25(14)13-20-23-19(24-27-20)12-15-7-3-2-4-8-15/h2-10,14,17H,11-13H2,1H3,(H2,22,26)/t14-,17+/m1/s1. The lowest BCUT2D eigenvalue weighted by Crippen LogP contribution is -2.41. The fourth-order valence-corrected chi connectivity index (χ4v) is 3.74. The van der Waals surface area contributed by atoms with Gasteiger partial charge in [0.1, 0.15) is 0 Å². The highest BCUT2D eigenvalue weighted by molar-refractivity contribution is 5.85. The monoisotopic (exact) mass is 362 g/mol. The van der Waals surface area contributed by atoms with Crippen molar-refractivity contribution in [3.8, 4) is 0 Å². The highest BCUT2D eigenvalue weighted by atomic mass is 16.5. The Balaban J connectivity index is 1.55. The third-order valence-electron chi connectivity index (χ3n) is 5.09. The Bertz CT molecular complexity index is 938. The van der Waals surface area contributed by atoms with Crippen LogP contribution in [-0.4, -0.2) is 22.1 Å². The van der Waals surface area contributed by atoms with Crippen LogP contribution < -0.4 is 10.6 Å². The number of benzene rings is 2. The molecule has 1 aromatic heterocycles. The van der Waals surface area contributed by atoms with E-state index < -0.39 is 0 Å². The number of anilines is 1. The van der Waals surface area contributed by atoms with Crippen LogP contribution in [0.5, 0.6) is 0 Å². The molecular weight excluding hydrogens is 340 g/mol. The number of rotatable bonds is 5. The van der Waals surface area contributed by atoms with Gasteiger partial charge < -0.3 is 15.2 Å². The van der Waals surface area contributed by atoms with Crippen molar-refractivity contribution in [2.75, 3.05) is 4.90 Å². The molecule has 0 saturated carbocycles. The molecule has 0 spiro atoms. The molecule has 0 saturated heterocycles. The molecule has 4 rings (SSSR count). The van der Waals surface area contributed by atoms with Crippen molar-refractivity contribution in [2.45, 2.75) is 38.3 Å². The summed E-state index contributed by atoms with van der Waals surface area (Å²) >= 11 is 0. The number of aromatic nitrogens is 2. The minimum Gasteiger partial charge on any atom is -0.369 e. The minimum absolute atomic E-state index is 0.141. The molecule has 138 valence electrons. The molecule has 2 N–H and O–H groups in total. The molecule has 0 fully saturated rings. The Hall–Kier alpha value is -3.15. The number of fused-ring (bicyclic) bond motifs is 1. The number of carbonyl (C=O) groups is 1. The molecule has 3 aromatic rings. The largest absolute Gasteiger partial charge is 0.369 e. The number of nitrogens with two attached hydrogens (primary N) is 1. The zero-order chi connectivity index (χ0) is 18.8. The average molecular weight is 362 g/mol. The lowest BCUT2D eigenvalue weighted by Gasteiger charge is -2.39. The van der Waals surface area contributed by atoms with Gasteiger partial charge in [-0.15, -0.1) is 0 Å².